The summed E-state index contributed by atoms with van der Waals surface area (Å²) in [6, 6.07) is 0. The molecular weight excluding hydrogens is 176 g/mol. The molecule has 0 aromatic heterocycles. The highest BCUT2D eigenvalue weighted by molar-refractivity contribution is 6.17. The lowest BCUT2D eigenvalue weighted by Gasteiger charge is -1.98. The fraction of sp³-hybridized carbons (Fsp3) is 1.00. The normalized spacial score (nSPS) is 20.2. The van der Waals surface area contributed by atoms with E-state index in [0.29, 0.717) is 6.10 Å². The van der Waals surface area contributed by atoms with Gasteiger partial charge in [-0.2, -0.15) is 0 Å². The Hall–Kier alpha value is 0.210. The first-order valence-electron chi connectivity index (χ1n) is 4.60. The van der Waals surface area contributed by atoms with E-state index >= 15 is 0 Å². The summed E-state index contributed by atoms with van der Waals surface area (Å²) < 4.78 is 4.86. The van der Waals surface area contributed by atoms with Crippen molar-refractivity contribution in [3.05, 3.63) is 0 Å². The van der Waals surface area contributed by atoms with Crippen molar-refractivity contribution >= 4 is 11.6 Å². The molecule has 0 aromatic rings. The molecule has 0 amide bonds. The topological polar surface area (TPSA) is 32.8 Å². The van der Waals surface area contributed by atoms with Gasteiger partial charge >= 0.3 is 0 Å². The van der Waals surface area contributed by atoms with Gasteiger partial charge in [-0.05, 0) is 19.3 Å². The summed E-state index contributed by atoms with van der Waals surface area (Å²) in [6.45, 7) is 4.90. The molecule has 1 atom stereocenters. The van der Waals surface area contributed by atoms with Gasteiger partial charge in [0.15, 0.2) is 0 Å². The zero-order valence-corrected chi connectivity index (χ0v) is 8.68. The van der Waals surface area contributed by atoms with Crippen LogP contribution < -0.4 is 0 Å². The van der Waals surface area contributed by atoms with E-state index in [4.69, 9.17) is 21.4 Å². The molecule has 1 unspecified atom stereocenters. The minimum absolute atomic E-state index is 0.0648. The summed E-state index contributed by atoms with van der Waals surface area (Å²) in [5.74, 6) is 0.741. The predicted octanol–water partition coefficient (Wildman–Crippen LogP) is 2.18. The first kappa shape index (κ1) is 12.2. The molecule has 0 radical (unpaired) electrons. The van der Waals surface area contributed by atoms with Crippen molar-refractivity contribution in [3.63, 3.8) is 0 Å². The van der Waals surface area contributed by atoms with Crippen LogP contribution in [0.5, 0.6) is 0 Å². The van der Waals surface area contributed by atoms with Crippen molar-refractivity contribution in [2.45, 2.75) is 45.3 Å². The Morgan fingerprint density at radius 2 is 2.00 bits per heavy atom. The van der Waals surface area contributed by atoms with E-state index in [2.05, 4.69) is 0 Å². The fourth-order valence-electron chi connectivity index (χ4n) is 0.645. The van der Waals surface area contributed by atoms with Crippen molar-refractivity contribution in [3.8, 4) is 0 Å². The third-order valence-electron chi connectivity index (χ3n) is 1.78. The van der Waals surface area contributed by atoms with Gasteiger partial charge in [0.2, 0.25) is 0 Å². The van der Waals surface area contributed by atoms with E-state index in [-0.39, 0.29) is 6.10 Å². The van der Waals surface area contributed by atoms with Gasteiger partial charge in [0, 0.05) is 5.88 Å². The van der Waals surface area contributed by atoms with Crippen molar-refractivity contribution < 1.29 is 9.84 Å². The van der Waals surface area contributed by atoms with Gasteiger partial charge in [-0.15, -0.1) is 11.6 Å². The summed E-state index contributed by atoms with van der Waals surface area (Å²) in [6.07, 6.45) is 3.25. The zero-order valence-electron chi connectivity index (χ0n) is 7.92. The standard InChI is InChI=1S/C5H12O.C4H7ClO/c1-3-5(6)4-2;5-2-1-4-3-6-4/h5-6H,3-4H2,1-2H3;4H,1-3H2. The van der Waals surface area contributed by atoms with E-state index in [1.54, 1.807) is 0 Å². The number of aliphatic hydroxyl groups excluding tert-OH is 1. The molecule has 0 aromatic carbocycles. The van der Waals surface area contributed by atoms with Crippen molar-refractivity contribution in [1.82, 2.24) is 0 Å². The molecule has 1 N–H and O–H groups in total. The fourth-order valence-corrected chi connectivity index (χ4v) is 0.888. The van der Waals surface area contributed by atoms with Gasteiger partial charge in [-0.25, -0.2) is 0 Å². The number of epoxide rings is 1. The smallest absolute Gasteiger partial charge is 0.0821 e. The average molecular weight is 195 g/mol. The van der Waals surface area contributed by atoms with E-state index in [0.717, 1.165) is 31.7 Å². The molecule has 3 heteroatoms. The third-order valence-corrected chi connectivity index (χ3v) is 1.99. The summed E-state index contributed by atoms with van der Waals surface area (Å²) in [5.41, 5.74) is 0. The predicted molar refractivity (Wildman–Crippen MR) is 51.7 cm³/mol. The molecule has 1 aliphatic heterocycles. The Morgan fingerprint density at radius 1 is 1.50 bits per heavy atom. The monoisotopic (exact) mass is 194 g/mol. The molecule has 0 aliphatic carbocycles. The van der Waals surface area contributed by atoms with Crippen molar-refractivity contribution in [2.24, 2.45) is 0 Å². The molecular formula is C9H19ClO2. The van der Waals surface area contributed by atoms with Crippen LogP contribution in [0.15, 0.2) is 0 Å². The second-order valence-electron chi connectivity index (χ2n) is 2.90. The van der Waals surface area contributed by atoms with Gasteiger partial charge in [0.05, 0.1) is 18.8 Å². The summed E-state index contributed by atoms with van der Waals surface area (Å²) in [7, 11) is 0. The van der Waals surface area contributed by atoms with Crippen LogP contribution in [0.3, 0.4) is 0 Å². The van der Waals surface area contributed by atoms with E-state index in [9.17, 15) is 0 Å². The van der Waals surface area contributed by atoms with Gasteiger partial charge in [0.1, 0.15) is 0 Å². The number of rotatable bonds is 4. The SMILES string of the molecule is CCC(O)CC.ClCCC1CO1. The first-order chi connectivity index (χ1) is 5.74. The lowest BCUT2D eigenvalue weighted by atomic mass is 10.2. The maximum absolute atomic E-state index is 8.67. The van der Waals surface area contributed by atoms with Crippen LogP contribution in [-0.2, 0) is 4.74 Å². The van der Waals surface area contributed by atoms with Gasteiger partial charge in [-0.3, -0.25) is 0 Å². The Kier molecular flexibility index (Phi) is 7.98. The highest BCUT2D eigenvalue weighted by atomic mass is 35.5. The molecule has 1 aliphatic rings. The van der Waals surface area contributed by atoms with E-state index in [1.165, 1.54) is 0 Å². The maximum Gasteiger partial charge on any atom is 0.0821 e. The average Bonchev–Trinajstić information content (AvgIpc) is 2.89. The summed E-state index contributed by atoms with van der Waals surface area (Å²) >= 11 is 5.36. The van der Waals surface area contributed by atoms with Crippen LogP contribution in [0.1, 0.15) is 33.1 Å². The molecule has 1 saturated heterocycles. The second kappa shape index (κ2) is 7.84. The van der Waals surface area contributed by atoms with E-state index in [1.807, 2.05) is 13.8 Å². The number of alkyl halides is 1. The van der Waals surface area contributed by atoms with Crippen LogP contribution in [0.2, 0.25) is 0 Å². The number of hydrogen-bond donors (Lipinski definition) is 1. The molecule has 74 valence electrons. The molecule has 0 bridgehead atoms. The van der Waals surface area contributed by atoms with E-state index < -0.39 is 0 Å². The van der Waals surface area contributed by atoms with Gasteiger partial charge < -0.3 is 9.84 Å². The second-order valence-corrected chi connectivity index (χ2v) is 3.28. The molecule has 12 heavy (non-hydrogen) atoms. The maximum atomic E-state index is 8.67. The highest BCUT2D eigenvalue weighted by Gasteiger charge is 2.20. The molecule has 1 rings (SSSR count). The van der Waals surface area contributed by atoms with Crippen LogP contribution in [0, 0.1) is 0 Å². The Labute approximate surface area is 79.9 Å². The molecule has 0 spiro atoms. The van der Waals surface area contributed by atoms with Crippen LogP contribution in [-0.4, -0.2) is 29.8 Å². The van der Waals surface area contributed by atoms with Crippen LogP contribution in [0.4, 0.5) is 0 Å². The van der Waals surface area contributed by atoms with Crippen LogP contribution >= 0.6 is 11.6 Å². The Balaban J connectivity index is 0.000000202. The summed E-state index contributed by atoms with van der Waals surface area (Å²) in [4.78, 5) is 0. The zero-order chi connectivity index (χ0) is 9.40. The molecule has 1 fully saturated rings. The minimum Gasteiger partial charge on any atom is -0.393 e. The quantitative estimate of drug-likeness (QED) is 0.550. The number of halogens is 1. The van der Waals surface area contributed by atoms with Gasteiger partial charge in [-0.1, -0.05) is 13.8 Å². The Bertz CT molecular complexity index is 90.5. The minimum atomic E-state index is -0.0648. The Morgan fingerprint density at radius 3 is 2.08 bits per heavy atom. The number of ether oxygens (including phenoxy) is 1. The van der Waals surface area contributed by atoms with Crippen LogP contribution in [0.25, 0.3) is 0 Å². The third kappa shape index (κ3) is 8.31. The molecule has 0 saturated carbocycles. The lowest BCUT2D eigenvalue weighted by molar-refractivity contribution is 0.166. The number of aliphatic hydroxyl groups is 1. The first-order valence-corrected chi connectivity index (χ1v) is 5.13. The molecule has 1 heterocycles. The largest absolute Gasteiger partial charge is 0.393 e. The number of hydrogen-bond acceptors (Lipinski definition) is 2. The molecule has 2 nitrogen and oxygen atoms in total. The van der Waals surface area contributed by atoms with Crippen molar-refractivity contribution in [1.29, 1.82) is 0 Å². The van der Waals surface area contributed by atoms with Gasteiger partial charge in [0.25, 0.3) is 0 Å². The van der Waals surface area contributed by atoms with Crippen molar-refractivity contribution in [2.75, 3.05) is 12.5 Å². The highest BCUT2D eigenvalue weighted by Crippen LogP contribution is 2.12. The lowest BCUT2D eigenvalue weighted by Crippen LogP contribution is -1.99. The summed E-state index contributed by atoms with van der Waals surface area (Å²) in [5, 5.41) is 8.67.